The van der Waals surface area contributed by atoms with Crippen molar-refractivity contribution in [3.63, 3.8) is 0 Å². The maximum atomic E-state index is 11.9. The normalized spacial score (nSPS) is 13.8. The van der Waals surface area contributed by atoms with Gasteiger partial charge in [0.25, 0.3) is 0 Å². The predicted octanol–water partition coefficient (Wildman–Crippen LogP) is 1.66. The summed E-state index contributed by atoms with van der Waals surface area (Å²) in [5.41, 5.74) is 0. The molecule has 7 nitrogen and oxygen atoms in total. The number of carbonyl (C=O) groups excluding carboxylic acids is 1. The summed E-state index contributed by atoms with van der Waals surface area (Å²) in [7, 11) is 0. The first kappa shape index (κ1) is 16.0. The zero-order valence-electron chi connectivity index (χ0n) is 12.0. The number of urea groups is 1. The van der Waals surface area contributed by atoms with Crippen LogP contribution in [0.2, 0.25) is 0 Å². The Labute approximate surface area is 118 Å². The predicted molar refractivity (Wildman–Crippen MR) is 74.2 cm³/mol. The van der Waals surface area contributed by atoms with Crippen molar-refractivity contribution in [3.05, 3.63) is 18.2 Å². The molecular weight excluding hydrogens is 260 g/mol. The van der Waals surface area contributed by atoms with Crippen LogP contribution in [0.25, 0.3) is 0 Å². The number of hydrogen-bond donors (Lipinski definition) is 4. The molecule has 0 aliphatic rings. The highest BCUT2D eigenvalue weighted by molar-refractivity contribution is 5.82. The number of rotatable bonds is 7. The van der Waals surface area contributed by atoms with Crippen LogP contribution in [0.15, 0.2) is 12.4 Å². The lowest BCUT2D eigenvalue weighted by molar-refractivity contribution is -0.139. The van der Waals surface area contributed by atoms with Crippen LogP contribution in [0, 0.1) is 5.92 Å². The van der Waals surface area contributed by atoms with Crippen LogP contribution < -0.4 is 10.6 Å². The van der Waals surface area contributed by atoms with Crippen molar-refractivity contribution in [3.8, 4) is 0 Å². The van der Waals surface area contributed by atoms with Gasteiger partial charge in [-0.1, -0.05) is 20.8 Å². The van der Waals surface area contributed by atoms with E-state index in [1.54, 1.807) is 12.4 Å². The van der Waals surface area contributed by atoms with Gasteiger partial charge >= 0.3 is 12.0 Å². The molecule has 4 N–H and O–H groups in total. The number of nitrogens with zero attached hydrogens (tertiary/aromatic N) is 1. The molecule has 1 heterocycles. The van der Waals surface area contributed by atoms with Crippen molar-refractivity contribution < 1.29 is 14.7 Å². The number of amides is 2. The van der Waals surface area contributed by atoms with E-state index >= 15 is 0 Å². The second-order valence-corrected chi connectivity index (χ2v) is 5.07. The van der Waals surface area contributed by atoms with Crippen molar-refractivity contribution in [2.24, 2.45) is 5.92 Å². The molecule has 0 aliphatic carbocycles. The summed E-state index contributed by atoms with van der Waals surface area (Å²) in [6.07, 6.45) is 4.33. The number of aromatic nitrogens is 2. The van der Waals surface area contributed by atoms with Gasteiger partial charge < -0.3 is 20.7 Å². The molecule has 2 amide bonds. The topological polar surface area (TPSA) is 107 Å². The largest absolute Gasteiger partial charge is 0.480 e. The number of aromatic amines is 1. The molecule has 20 heavy (non-hydrogen) atoms. The smallest absolute Gasteiger partial charge is 0.326 e. The molecule has 0 aromatic carbocycles. The molecule has 1 rings (SSSR count). The summed E-state index contributed by atoms with van der Waals surface area (Å²) < 4.78 is 0. The van der Waals surface area contributed by atoms with E-state index in [4.69, 9.17) is 5.11 Å². The van der Waals surface area contributed by atoms with Crippen molar-refractivity contribution in [2.75, 3.05) is 0 Å². The van der Waals surface area contributed by atoms with Gasteiger partial charge in [-0.2, -0.15) is 0 Å². The zero-order chi connectivity index (χ0) is 15.1. The molecule has 0 saturated heterocycles. The Bertz CT molecular complexity index is 431. The average molecular weight is 282 g/mol. The number of hydrogen-bond acceptors (Lipinski definition) is 3. The average Bonchev–Trinajstić information content (AvgIpc) is 2.88. The van der Waals surface area contributed by atoms with Gasteiger partial charge in [0, 0.05) is 12.4 Å². The van der Waals surface area contributed by atoms with Crippen LogP contribution >= 0.6 is 0 Å². The van der Waals surface area contributed by atoms with Gasteiger partial charge in [-0.05, 0) is 18.8 Å². The number of carboxylic acid groups (broad SMARTS) is 1. The van der Waals surface area contributed by atoms with Gasteiger partial charge in [0.1, 0.15) is 11.9 Å². The minimum atomic E-state index is -1.03. The molecule has 1 aromatic heterocycles. The third-order valence-corrected chi connectivity index (χ3v) is 2.87. The molecule has 0 aliphatic heterocycles. The Balaban J connectivity index is 2.58. The number of H-pyrrole nitrogens is 1. The zero-order valence-corrected chi connectivity index (χ0v) is 12.0. The Hall–Kier alpha value is -2.05. The molecule has 0 saturated carbocycles. The minimum Gasteiger partial charge on any atom is -0.480 e. The summed E-state index contributed by atoms with van der Waals surface area (Å²) in [5.74, 6) is -0.193. The fraction of sp³-hybridized carbons (Fsp3) is 0.615. The highest BCUT2D eigenvalue weighted by Crippen LogP contribution is 2.11. The molecule has 0 spiro atoms. The van der Waals surface area contributed by atoms with Crippen LogP contribution in [0.4, 0.5) is 4.79 Å². The molecule has 2 atom stereocenters. The van der Waals surface area contributed by atoms with Crippen LogP contribution in [-0.4, -0.2) is 33.1 Å². The first-order valence-corrected chi connectivity index (χ1v) is 6.73. The van der Waals surface area contributed by atoms with Crippen LogP contribution in [0.3, 0.4) is 0 Å². The first-order chi connectivity index (χ1) is 9.43. The molecule has 1 aromatic rings. The lowest BCUT2D eigenvalue weighted by Crippen LogP contribution is -2.47. The second-order valence-electron chi connectivity index (χ2n) is 5.07. The quantitative estimate of drug-likeness (QED) is 0.610. The number of aliphatic carboxylic acids is 1. The Morgan fingerprint density at radius 2 is 2.10 bits per heavy atom. The highest BCUT2D eigenvalue weighted by Gasteiger charge is 2.22. The van der Waals surface area contributed by atoms with E-state index in [1.165, 1.54) is 0 Å². The van der Waals surface area contributed by atoms with Crippen molar-refractivity contribution in [1.29, 1.82) is 0 Å². The van der Waals surface area contributed by atoms with Gasteiger partial charge in [-0.25, -0.2) is 14.6 Å². The van der Waals surface area contributed by atoms with Crippen LogP contribution in [0.1, 0.15) is 45.5 Å². The number of carboxylic acids is 1. The highest BCUT2D eigenvalue weighted by atomic mass is 16.4. The van der Waals surface area contributed by atoms with Gasteiger partial charge in [-0.3, -0.25) is 0 Å². The molecule has 0 radical (unpaired) electrons. The summed E-state index contributed by atoms with van der Waals surface area (Å²) in [6, 6.07) is -1.65. The van der Waals surface area contributed by atoms with Gasteiger partial charge in [-0.15, -0.1) is 0 Å². The van der Waals surface area contributed by atoms with E-state index in [1.807, 2.05) is 20.8 Å². The lowest BCUT2D eigenvalue weighted by Gasteiger charge is -2.20. The minimum absolute atomic E-state index is 0.184. The molecule has 7 heteroatoms. The molecule has 1 unspecified atom stereocenters. The van der Waals surface area contributed by atoms with Crippen LogP contribution in [-0.2, 0) is 4.79 Å². The Morgan fingerprint density at radius 3 is 2.55 bits per heavy atom. The van der Waals surface area contributed by atoms with E-state index in [0.717, 1.165) is 0 Å². The van der Waals surface area contributed by atoms with E-state index in [9.17, 15) is 9.59 Å². The molecule has 0 bridgehead atoms. The summed E-state index contributed by atoms with van der Waals surface area (Å²) in [5, 5.41) is 14.3. The third kappa shape index (κ3) is 4.91. The van der Waals surface area contributed by atoms with Crippen LogP contribution in [0.5, 0.6) is 0 Å². The maximum Gasteiger partial charge on any atom is 0.326 e. The molecule has 112 valence electrons. The van der Waals surface area contributed by atoms with Gasteiger partial charge in [0.2, 0.25) is 0 Å². The fourth-order valence-electron chi connectivity index (χ4n) is 1.88. The third-order valence-electron chi connectivity index (χ3n) is 2.87. The van der Waals surface area contributed by atoms with E-state index in [2.05, 4.69) is 20.6 Å². The first-order valence-electron chi connectivity index (χ1n) is 6.73. The second kappa shape index (κ2) is 7.52. The van der Waals surface area contributed by atoms with Crippen molar-refractivity contribution in [1.82, 2.24) is 20.6 Å². The van der Waals surface area contributed by atoms with Crippen molar-refractivity contribution in [2.45, 2.75) is 45.7 Å². The Morgan fingerprint density at radius 1 is 1.40 bits per heavy atom. The lowest BCUT2D eigenvalue weighted by atomic mass is 10.0. The van der Waals surface area contributed by atoms with Crippen molar-refractivity contribution >= 4 is 12.0 Å². The monoisotopic (exact) mass is 282 g/mol. The number of imidazole rings is 1. The standard InChI is InChI=1S/C13H22N4O3/c1-4-9(11-14-5-6-15-11)16-13(20)17-10(12(18)19)7-8(2)3/h5-6,8-10H,4,7H2,1-3H3,(H,14,15)(H,18,19)(H2,16,17,20)/t9?,10-/m1/s1. The summed E-state index contributed by atoms with van der Waals surface area (Å²) in [4.78, 5) is 30.0. The van der Waals surface area contributed by atoms with E-state index in [-0.39, 0.29) is 12.0 Å². The van der Waals surface area contributed by atoms with E-state index in [0.29, 0.717) is 18.7 Å². The summed E-state index contributed by atoms with van der Waals surface area (Å²) in [6.45, 7) is 5.73. The van der Waals surface area contributed by atoms with E-state index < -0.39 is 18.0 Å². The number of carbonyl (C=O) groups is 2. The Kier molecular flexibility index (Phi) is 6.02. The fourth-order valence-corrected chi connectivity index (χ4v) is 1.88. The number of nitrogens with one attached hydrogen (secondary N) is 3. The SMILES string of the molecule is CCC(NC(=O)N[C@H](CC(C)C)C(=O)O)c1ncc[nH]1. The van der Waals surface area contributed by atoms with Gasteiger partial charge in [0.15, 0.2) is 0 Å². The van der Waals surface area contributed by atoms with Gasteiger partial charge in [0.05, 0.1) is 6.04 Å². The summed E-state index contributed by atoms with van der Waals surface area (Å²) >= 11 is 0. The molecular formula is C13H22N4O3. The maximum absolute atomic E-state index is 11.9. The molecule has 0 fully saturated rings.